The Morgan fingerprint density at radius 3 is 2.75 bits per heavy atom. The second-order valence-electron chi connectivity index (χ2n) is 7.71. The van der Waals surface area contributed by atoms with E-state index in [0.717, 1.165) is 36.1 Å². The standard InChI is InChI=1S/C22H25FN2O2S/c23-18-6-1-4-16(14-18)10-12-25(19-8-9-19)21(26)17-5-2-11-24(15-17)22(27)20-7-3-13-28-20/h1,3-4,6-7,13-14,17,19H,2,5,8-12,15H2. The molecular formula is C22H25FN2O2S. The average Bonchev–Trinajstić information content (AvgIpc) is 3.40. The molecule has 2 amide bonds. The summed E-state index contributed by atoms with van der Waals surface area (Å²) >= 11 is 1.45. The van der Waals surface area contributed by atoms with Crippen molar-refractivity contribution in [3.8, 4) is 0 Å². The van der Waals surface area contributed by atoms with Crippen molar-refractivity contribution in [2.45, 2.75) is 38.1 Å². The van der Waals surface area contributed by atoms with Gasteiger partial charge in [0.15, 0.2) is 0 Å². The van der Waals surface area contributed by atoms with E-state index >= 15 is 0 Å². The van der Waals surface area contributed by atoms with Gasteiger partial charge in [0.25, 0.3) is 5.91 Å². The molecule has 148 valence electrons. The predicted octanol–water partition coefficient (Wildman–Crippen LogP) is 3.97. The van der Waals surface area contributed by atoms with Crippen molar-refractivity contribution in [1.82, 2.24) is 9.80 Å². The first-order valence-electron chi connectivity index (χ1n) is 9.99. The highest BCUT2D eigenvalue weighted by molar-refractivity contribution is 7.12. The minimum atomic E-state index is -0.239. The molecule has 1 saturated carbocycles. The Kier molecular flexibility index (Phi) is 5.76. The van der Waals surface area contributed by atoms with Gasteiger partial charge >= 0.3 is 0 Å². The Bertz CT molecular complexity index is 835. The molecule has 2 aliphatic rings. The van der Waals surface area contributed by atoms with Crippen molar-refractivity contribution in [3.05, 3.63) is 58.0 Å². The lowest BCUT2D eigenvalue weighted by Crippen LogP contribution is -2.47. The first-order chi connectivity index (χ1) is 13.6. The van der Waals surface area contributed by atoms with Crippen molar-refractivity contribution in [3.63, 3.8) is 0 Å². The van der Waals surface area contributed by atoms with Crippen LogP contribution in [0, 0.1) is 11.7 Å². The summed E-state index contributed by atoms with van der Waals surface area (Å²) in [7, 11) is 0. The molecule has 1 aromatic carbocycles. The van der Waals surface area contributed by atoms with Gasteiger partial charge in [0.1, 0.15) is 5.82 Å². The molecule has 1 saturated heterocycles. The number of thiophene rings is 1. The molecule has 0 spiro atoms. The third kappa shape index (κ3) is 4.43. The minimum Gasteiger partial charge on any atom is -0.339 e. The number of carbonyl (C=O) groups excluding carboxylic acids is 2. The number of halogens is 1. The lowest BCUT2D eigenvalue weighted by molar-refractivity contribution is -0.137. The van der Waals surface area contributed by atoms with Gasteiger partial charge in [0.2, 0.25) is 5.91 Å². The number of amides is 2. The Morgan fingerprint density at radius 2 is 2.04 bits per heavy atom. The highest BCUT2D eigenvalue weighted by Gasteiger charge is 2.37. The van der Waals surface area contributed by atoms with E-state index in [4.69, 9.17) is 0 Å². The zero-order chi connectivity index (χ0) is 19.5. The molecular weight excluding hydrogens is 375 g/mol. The van der Waals surface area contributed by atoms with E-state index in [9.17, 15) is 14.0 Å². The molecule has 0 bridgehead atoms. The van der Waals surface area contributed by atoms with Gasteiger partial charge in [-0.3, -0.25) is 9.59 Å². The third-order valence-corrected chi connectivity index (χ3v) is 6.45. The monoisotopic (exact) mass is 400 g/mol. The van der Waals surface area contributed by atoms with Crippen LogP contribution in [0.3, 0.4) is 0 Å². The van der Waals surface area contributed by atoms with Gasteiger partial charge in [-0.1, -0.05) is 18.2 Å². The molecule has 4 nitrogen and oxygen atoms in total. The van der Waals surface area contributed by atoms with Crippen LogP contribution in [0.1, 0.15) is 40.9 Å². The maximum Gasteiger partial charge on any atom is 0.263 e. The average molecular weight is 401 g/mol. The maximum atomic E-state index is 13.4. The number of rotatable bonds is 6. The topological polar surface area (TPSA) is 40.6 Å². The summed E-state index contributed by atoms with van der Waals surface area (Å²) in [6, 6.07) is 10.6. The Morgan fingerprint density at radius 1 is 1.18 bits per heavy atom. The van der Waals surface area contributed by atoms with Gasteiger partial charge in [-0.05, 0) is 61.2 Å². The van der Waals surface area contributed by atoms with Crippen LogP contribution in [0.15, 0.2) is 41.8 Å². The van der Waals surface area contributed by atoms with Crippen molar-refractivity contribution in [2.75, 3.05) is 19.6 Å². The number of nitrogens with zero attached hydrogens (tertiary/aromatic N) is 2. The van der Waals surface area contributed by atoms with Crippen LogP contribution in [0.25, 0.3) is 0 Å². The van der Waals surface area contributed by atoms with E-state index in [1.165, 1.54) is 23.5 Å². The lowest BCUT2D eigenvalue weighted by Gasteiger charge is -2.35. The Hall–Kier alpha value is -2.21. The molecule has 28 heavy (non-hydrogen) atoms. The summed E-state index contributed by atoms with van der Waals surface area (Å²) in [5, 5.41) is 1.90. The molecule has 1 unspecified atom stereocenters. The Labute approximate surface area is 169 Å². The Balaban J connectivity index is 1.40. The first kappa shape index (κ1) is 19.1. The maximum absolute atomic E-state index is 13.4. The molecule has 6 heteroatoms. The quantitative estimate of drug-likeness (QED) is 0.736. The van der Waals surface area contributed by atoms with Crippen molar-refractivity contribution in [2.24, 2.45) is 5.92 Å². The summed E-state index contributed by atoms with van der Waals surface area (Å²) < 4.78 is 13.4. The smallest absolute Gasteiger partial charge is 0.263 e. The van der Waals surface area contributed by atoms with Gasteiger partial charge in [-0.2, -0.15) is 0 Å². The second-order valence-corrected chi connectivity index (χ2v) is 8.66. The fourth-order valence-electron chi connectivity index (χ4n) is 3.95. The van der Waals surface area contributed by atoms with Gasteiger partial charge in [0.05, 0.1) is 10.8 Å². The molecule has 1 aliphatic heterocycles. The third-order valence-electron chi connectivity index (χ3n) is 5.59. The summed E-state index contributed by atoms with van der Waals surface area (Å²) in [5.41, 5.74) is 0.914. The molecule has 1 aromatic heterocycles. The van der Waals surface area contributed by atoms with Crippen LogP contribution in [0.4, 0.5) is 4.39 Å². The van der Waals surface area contributed by atoms with E-state index in [0.29, 0.717) is 32.1 Å². The summed E-state index contributed by atoms with van der Waals surface area (Å²) in [4.78, 5) is 30.4. The number of hydrogen-bond acceptors (Lipinski definition) is 3. The number of hydrogen-bond donors (Lipinski definition) is 0. The minimum absolute atomic E-state index is 0.0326. The number of carbonyl (C=O) groups is 2. The fraction of sp³-hybridized carbons (Fsp3) is 0.455. The predicted molar refractivity (Wildman–Crippen MR) is 108 cm³/mol. The summed E-state index contributed by atoms with van der Waals surface area (Å²) in [6.07, 6.45) is 4.43. The first-order valence-corrected chi connectivity index (χ1v) is 10.9. The normalized spacial score (nSPS) is 19.5. The molecule has 2 fully saturated rings. The van der Waals surface area contributed by atoms with Crippen LogP contribution in [0.5, 0.6) is 0 Å². The second kappa shape index (κ2) is 8.43. The fourth-order valence-corrected chi connectivity index (χ4v) is 4.65. The largest absolute Gasteiger partial charge is 0.339 e. The van der Waals surface area contributed by atoms with E-state index in [1.54, 1.807) is 6.07 Å². The van der Waals surface area contributed by atoms with Crippen molar-refractivity contribution in [1.29, 1.82) is 0 Å². The molecule has 2 aromatic rings. The van der Waals surface area contributed by atoms with E-state index in [1.807, 2.05) is 33.4 Å². The highest BCUT2D eigenvalue weighted by atomic mass is 32.1. The van der Waals surface area contributed by atoms with Crippen LogP contribution < -0.4 is 0 Å². The molecule has 2 heterocycles. The number of piperidine rings is 1. The van der Waals surface area contributed by atoms with Crippen LogP contribution in [-0.4, -0.2) is 47.3 Å². The molecule has 1 atom stereocenters. The molecule has 1 aliphatic carbocycles. The van der Waals surface area contributed by atoms with E-state index in [-0.39, 0.29) is 23.5 Å². The summed E-state index contributed by atoms with van der Waals surface area (Å²) in [5.74, 6) is -0.185. The van der Waals surface area contributed by atoms with E-state index in [2.05, 4.69) is 0 Å². The van der Waals surface area contributed by atoms with Gasteiger partial charge in [-0.15, -0.1) is 11.3 Å². The zero-order valence-electron chi connectivity index (χ0n) is 15.9. The van der Waals surface area contributed by atoms with Gasteiger partial charge in [-0.25, -0.2) is 4.39 Å². The van der Waals surface area contributed by atoms with Crippen molar-refractivity contribution >= 4 is 23.2 Å². The van der Waals surface area contributed by atoms with Crippen LogP contribution >= 0.6 is 11.3 Å². The number of likely N-dealkylation sites (tertiary alicyclic amines) is 1. The SMILES string of the molecule is O=C(c1cccs1)N1CCCC(C(=O)N(CCc2cccc(F)c2)C2CC2)C1. The van der Waals surface area contributed by atoms with Crippen LogP contribution in [0.2, 0.25) is 0 Å². The lowest BCUT2D eigenvalue weighted by atomic mass is 9.96. The van der Waals surface area contributed by atoms with Crippen molar-refractivity contribution < 1.29 is 14.0 Å². The zero-order valence-corrected chi connectivity index (χ0v) is 16.7. The molecule has 0 N–H and O–H groups in total. The number of benzene rings is 1. The van der Waals surface area contributed by atoms with E-state index < -0.39 is 0 Å². The van der Waals surface area contributed by atoms with Gasteiger partial charge in [0, 0.05) is 25.7 Å². The molecule has 0 radical (unpaired) electrons. The van der Waals surface area contributed by atoms with Crippen LogP contribution in [-0.2, 0) is 11.2 Å². The summed E-state index contributed by atoms with van der Waals surface area (Å²) in [6.45, 7) is 1.83. The molecule has 4 rings (SSSR count). The highest BCUT2D eigenvalue weighted by Crippen LogP contribution is 2.31. The van der Waals surface area contributed by atoms with Gasteiger partial charge < -0.3 is 9.80 Å².